The fourth-order valence-corrected chi connectivity index (χ4v) is 2.29. The van der Waals surface area contributed by atoms with E-state index in [1.165, 1.54) is 25.1 Å². The fourth-order valence-electron chi connectivity index (χ4n) is 2.29. The Bertz CT molecular complexity index is 626. The summed E-state index contributed by atoms with van der Waals surface area (Å²) in [5.41, 5.74) is 2.97. The third kappa shape index (κ3) is 3.79. The number of para-hydroxylation sites is 1. The second-order valence-corrected chi connectivity index (χ2v) is 5.52. The maximum absolute atomic E-state index is 13.1. The van der Waals surface area contributed by atoms with E-state index in [1.807, 2.05) is 19.1 Å². The van der Waals surface area contributed by atoms with Crippen molar-refractivity contribution in [2.24, 2.45) is 0 Å². The lowest BCUT2D eigenvalue weighted by molar-refractivity contribution is 0.299. The van der Waals surface area contributed by atoms with Crippen molar-refractivity contribution in [3.63, 3.8) is 0 Å². The van der Waals surface area contributed by atoms with Gasteiger partial charge in [0.15, 0.2) is 0 Å². The van der Waals surface area contributed by atoms with E-state index in [2.05, 4.69) is 16.4 Å². The summed E-state index contributed by atoms with van der Waals surface area (Å²) in [5, 5.41) is 3.50. The molecule has 1 aliphatic rings. The Labute approximate surface area is 124 Å². The number of rotatable bonds is 6. The summed E-state index contributed by atoms with van der Waals surface area (Å²) in [6.45, 7) is 3.16. The first-order chi connectivity index (χ1) is 10.2. The van der Waals surface area contributed by atoms with Gasteiger partial charge in [-0.05, 0) is 31.4 Å². The Morgan fingerprint density at radius 1 is 1.33 bits per heavy atom. The lowest BCUT2D eigenvalue weighted by atomic mass is 10.1. The SMILES string of the molecule is Cc1cccc(CNC2CC2)c1OCc1cncc(F)c1. The lowest BCUT2D eigenvalue weighted by Crippen LogP contribution is -2.16. The number of nitrogens with zero attached hydrogens (tertiary/aromatic N) is 1. The van der Waals surface area contributed by atoms with Crippen LogP contribution in [0.1, 0.15) is 29.5 Å². The van der Waals surface area contributed by atoms with Gasteiger partial charge in [-0.1, -0.05) is 18.2 Å². The van der Waals surface area contributed by atoms with Crippen molar-refractivity contribution in [1.29, 1.82) is 0 Å². The molecule has 3 nitrogen and oxygen atoms in total. The maximum atomic E-state index is 13.1. The zero-order chi connectivity index (χ0) is 14.7. The molecule has 4 heteroatoms. The van der Waals surface area contributed by atoms with Gasteiger partial charge in [0.1, 0.15) is 18.2 Å². The normalized spacial score (nSPS) is 14.2. The topological polar surface area (TPSA) is 34.1 Å². The largest absolute Gasteiger partial charge is 0.488 e. The van der Waals surface area contributed by atoms with Crippen LogP contribution in [0.2, 0.25) is 0 Å². The van der Waals surface area contributed by atoms with E-state index in [4.69, 9.17) is 4.74 Å². The second-order valence-electron chi connectivity index (χ2n) is 5.52. The van der Waals surface area contributed by atoms with E-state index in [1.54, 1.807) is 6.20 Å². The highest BCUT2D eigenvalue weighted by atomic mass is 19.1. The number of pyridine rings is 1. The minimum atomic E-state index is -0.337. The molecule has 1 aliphatic carbocycles. The molecule has 1 heterocycles. The molecule has 1 aromatic heterocycles. The van der Waals surface area contributed by atoms with Gasteiger partial charge >= 0.3 is 0 Å². The van der Waals surface area contributed by atoms with Crippen molar-refractivity contribution < 1.29 is 9.13 Å². The average molecular weight is 286 g/mol. The summed E-state index contributed by atoms with van der Waals surface area (Å²) in [6, 6.07) is 8.25. The highest BCUT2D eigenvalue weighted by Crippen LogP contribution is 2.26. The Morgan fingerprint density at radius 3 is 2.95 bits per heavy atom. The Hall–Kier alpha value is -1.94. The summed E-state index contributed by atoms with van der Waals surface area (Å²) >= 11 is 0. The van der Waals surface area contributed by atoms with E-state index >= 15 is 0 Å². The van der Waals surface area contributed by atoms with Crippen LogP contribution in [0, 0.1) is 12.7 Å². The first-order valence-electron chi connectivity index (χ1n) is 7.26. The van der Waals surface area contributed by atoms with Crippen molar-refractivity contribution in [1.82, 2.24) is 10.3 Å². The summed E-state index contributed by atoms with van der Waals surface area (Å²) in [4.78, 5) is 3.84. The van der Waals surface area contributed by atoms with Crippen LogP contribution in [0.25, 0.3) is 0 Å². The molecule has 0 saturated heterocycles. The van der Waals surface area contributed by atoms with E-state index in [-0.39, 0.29) is 5.82 Å². The van der Waals surface area contributed by atoms with Crippen LogP contribution in [0.3, 0.4) is 0 Å². The van der Waals surface area contributed by atoms with Crippen LogP contribution < -0.4 is 10.1 Å². The van der Waals surface area contributed by atoms with Crippen molar-refractivity contribution in [2.75, 3.05) is 0 Å². The summed E-state index contributed by atoms with van der Waals surface area (Å²) in [5.74, 6) is 0.548. The smallest absolute Gasteiger partial charge is 0.141 e. The molecule has 3 rings (SSSR count). The molecule has 1 fully saturated rings. The third-order valence-electron chi connectivity index (χ3n) is 3.60. The predicted molar refractivity (Wildman–Crippen MR) is 79.6 cm³/mol. The number of nitrogens with one attached hydrogen (secondary N) is 1. The van der Waals surface area contributed by atoms with Crippen LogP contribution in [0.4, 0.5) is 4.39 Å². The number of hydrogen-bond donors (Lipinski definition) is 1. The summed E-state index contributed by atoms with van der Waals surface area (Å²) < 4.78 is 19.1. The van der Waals surface area contributed by atoms with Crippen LogP contribution in [-0.2, 0) is 13.2 Å². The van der Waals surface area contributed by atoms with Gasteiger partial charge in [0.05, 0.1) is 6.20 Å². The number of aromatic nitrogens is 1. The van der Waals surface area contributed by atoms with Gasteiger partial charge in [-0.25, -0.2) is 4.39 Å². The molecule has 110 valence electrons. The standard InChI is InChI=1S/C17H19FN2O/c1-12-3-2-4-14(9-20-16-5-6-16)17(12)21-11-13-7-15(18)10-19-8-13/h2-4,7-8,10,16,20H,5-6,9,11H2,1H3. The molecule has 0 aliphatic heterocycles. The first-order valence-corrected chi connectivity index (χ1v) is 7.26. The number of aryl methyl sites for hydroxylation is 1. The molecule has 1 saturated carbocycles. The predicted octanol–water partition coefficient (Wildman–Crippen LogP) is 3.36. The highest BCUT2D eigenvalue weighted by molar-refractivity contribution is 5.41. The van der Waals surface area contributed by atoms with Crippen LogP contribution in [0.15, 0.2) is 36.7 Å². The summed E-state index contributed by atoms with van der Waals surface area (Å²) in [6.07, 6.45) is 5.35. The molecule has 2 aromatic rings. The van der Waals surface area contributed by atoms with Crippen LogP contribution in [0.5, 0.6) is 5.75 Å². The van der Waals surface area contributed by atoms with E-state index in [9.17, 15) is 4.39 Å². The molecule has 0 amide bonds. The van der Waals surface area contributed by atoms with Gasteiger partial charge in [0.2, 0.25) is 0 Å². The van der Waals surface area contributed by atoms with E-state index < -0.39 is 0 Å². The van der Waals surface area contributed by atoms with Gasteiger partial charge in [-0.3, -0.25) is 4.98 Å². The van der Waals surface area contributed by atoms with Gasteiger partial charge in [-0.2, -0.15) is 0 Å². The maximum Gasteiger partial charge on any atom is 0.141 e. The Morgan fingerprint density at radius 2 is 2.19 bits per heavy atom. The minimum Gasteiger partial charge on any atom is -0.488 e. The van der Waals surface area contributed by atoms with Crippen molar-refractivity contribution >= 4 is 0 Å². The van der Waals surface area contributed by atoms with Gasteiger partial charge in [-0.15, -0.1) is 0 Å². The van der Waals surface area contributed by atoms with Gasteiger partial charge in [0, 0.05) is 29.9 Å². The molecular weight excluding hydrogens is 267 g/mol. The monoisotopic (exact) mass is 286 g/mol. The molecular formula is C17H19FN2O. The molecule has 0 radical (unpaired) electrons. The zero-order valence-corrected chi connectivity index (χ0v) is 12.1. The van der Waals surface area contributed by atoms with Crippen molar-refractivity contribution in [3.8, 4) is 5.75 Å². The number of ether oxygens (including phenoxy) is 1. The molecule has 21 heavy (non-hydrogen) atoms. The van der Waals surface area contributed by atoms with E-state index in [0.29, 0.717) is 12.6 Å². The lowest BCUT2D eigenvalue weighted by Gasteiger charge is -2.14. The molecule has 0 bridgehead atoms. The first kappa shape index (κ1) is 14.0. The molecule has 0 atom stereocenters. The number of hydrogen-bond acceptors (Lipinski definition) is 3. The second kappa shape index (κ2) is 6.22. The fraction of sp³-hybridized carbons (Fsp3) is 0.353. The van der Waals surface area contributed by atoms with Crippen molar-refractivity contribution in [2.45, 2.75) is 39.0 Å². The van der Waals surface area contributed by atoms with Gasteiger partial charge < -0.3 is 10.1 Å². The zero-order valence-electron chi connectivity index (χ0n) is 12.1. The molecule has 0 unspecified atom stereocenters. The van der Waals surface area contributed by atoms with Gasteiger partial charge in [0.25, 0.3) is 0 Å². The quantitative estimate of drug-likeness (QED) is 0.884. The van der Waals surface area contributed by atoms with Crippen molar-refractivity contribution in [3.05, 3.63) is 59.2 Å². The summed E-state index contributed by atoms with van der Waals surface area (Å²) in [7, 11) is 0. The third-order valence-corrected chi connectivity index (χ3v) is 3.60. The number of halogens is 1. The van der Waals surface area contributed by atoms with Crippen LogP contribution in [-0.4, -0.2) is 11.0 Å². The minimum absolute atomic E-state index is 0.325. The highest BCUT2D eigenvalue weighted by Gasteiger charge is 2.20. The average Bonchev–Trinajstić information content (AvgIpc) is 3.28. The van der Waals surface area contributed by atoms with Crippen LogP contribution >= 0.6 is 0 Å². The van der Waals surface area contributed by atoms with E-state index in [0.717, 1.165) is 29.0 Å². The number of benzene rings is 1. The Kier molecular flexibility index (Phi) is 4.15. The molecule has 0 spiro atoms. The molecule has 1 aromatic carbocycles. The molecule has 1 N–H and O–H groups in total. The Balaban J connectivity index is 1.70.